The highest BCUT2D eigenvalue weighted by Gasteiger charge is 2.17. The van der Waals surface area contributed by atoms with Gasteiger partial charge in [0.05, 0.1) is 22.9 Å². The lowest BCUT2D eigenvalue weighted by molar-refractivity contribution is 0.103. The van der Waals surface area contributed by atoms with Gasteiger partial charge in [-0.1, -0.05) is 24.3 Å². The van der Waals surface area contributed by atoms with Gasteiger partial charge in [-0.15, -0.1) is 11.3 Å². The average Bonchev–Trinajstić information content (AvgIpc) is 3.35. The maximum atomic E-state index is 12.9. The number of carbonyl (C=O) groups is 2. The van der Waals surface area contributed by atoms with Crippen molar-refractivity contribution >= 4 is 44.9 Å². The van der Waals surface area contributed by atoms with Crippen LogP contribution in [-0.4, -0.2) is 42.1 Å². The molecule has 2 N–H and O–H groups in total. The van der Waals surface area contributed by atoms with E-state index >= 15 is 0 Å². The summed E-state index contributed by atoms with van der Waals surface area (Å²) in [5, 5.41) is 11.1. The first-order valence-corrected chi connectivity index (χ1v) is 10.8. The molecule has 164 valence electrons. The smallest absolute Gasteiger partial charge is 0.411 e. The zero-order valence-electron chi connectivity index (χ0n) is 17.6. The van der Waals surface area contributed by atoms with Crippen LogP contribution in [0.4, 0.5) is 16.2 Å². The summed E-state index contributed by atoms with van der Waals surface area (Å²) >= 11 is 1.38. The predicted molar refractivity (Wildman–Crippen MR) is 125 cm³/mol. The van der Waals surface area contributed by atoms with Gasteiger partial charge in [0.2, 0.25) is 0 Å². The van der Waals surface area contributed by atoms with E-state index in [1.165, 1.54) is 18.4 Å². The fraction of sp³-hybridized carbons (Fsp3) is 0.174. The van der Waals surface area contributed by atoms with Crippen LogP contribution in [0.5, 0.6) is 0 Å². The Balaban J connectivity index is 1.49. The first-order chi connectivity index (χ1) is 15.5. The van der Waals surface area contributed by atoms with Crippen LogP contribution in [0, 0.1) is 6.92 Å². The Labute approximate surface area is 188 Å². The second kappa shape index (κ2) is 9.63. The van der Waals surface area contributed by atoms with E-state index in [0.29, 0.717) is 22.9 Å². The molecule has 0 aliphatic heterocycles. The number of aromatic nitrogens is 2. The van der Waals surface area contributed by atoms with Crippen LogP contribution < -0.4 is 10.6 Å². The summed E-state index contributed by atoms with van der Waals surface area (Å²) in [7, 11) is 1.53. The molecule has 2 aromatic heterocycles. The van der Waals surface area contributed by atoms with E-state index in [2.05, 4.69) is 15.7 Å². The summed E-state index contributed by atoms with van der Waals surface area (Å²) in [6.45, 7) is 2.40. The van der Waals surface area contributed by atoms with Crippen LogP contribution in [0.3, 0.4) is 0 Å². The van der Waals surface area contributed by atoms with Crippen LogP contribution in [0.25, 0.3) is 15.9 Å². The molecule has 2 heterocycles. The Morgan fingerprint density at radius 1 is 1.00 bits per heavy atom. The number of hydrogen-bond donors (Lipinski definition) is 2. The molecule has 0 saturated carbocycles. The fourth-order valence-electron chi connectivity index (χ4n) is 3.14. The second-order valence-electron chi connectivity index (χ2n) is 6.95. The van der Waals surface area contributed by atoms with Gasteiger partial charge in [-0.25, -0.2) is 9.48 Å². The number of amides is 2. The number of para-hydroxylation sites is 1. The van der Waals surface area contributed by atoms with Crippen molar-refractivity contribution in [1.29, 1.82) is 0 Å². The SMILES string of the molecule is COCCOC(=O)Nc1cccc(NC(=O)c2cc3c(C)nn(-c4ccccc4)c3s2)c1. The van der Waals surface area contributed by atoms with Crippen LogP contribution in [-0.2, 0) is 9.47 Å². The van der Waals surface area contributed by atoms with E-state index in [1.807, 2.05) is 48.0 Å². The zero-order chi connectivity index (χ0) is 22.5. The van der Waals surface area contributed by atoms with Gasteiger partial charge in [0, 0.05) is 23.9 Å². The normalized spacial score (nSPS) is 10.8. The average molecular weight is 451 g/mol. The van der Waals surface area contributed by atoms with E-state index in [-0.39, 0.29) is 12.5 Å². The molecular weight excluding hydrogens is 428 g/mol. The van der Waals surface area contributed by atoms with Gasteiger partial charge in [0.15, 0.2) is 0 Å². The van der Waals surface area contributed by atoms with Crippen molar-refractivity contribution in [3.8, 4) is 5.69 Å². The van der Waals surface area contributed by atoms with Crippen LogP contribution in [0.1, 0.15) is 15.4 Å². The van der Waals surface area contributed by atoms with Gasteiger partial charge in [-0.3, -0.25) is 10.1 Å². The van der Waals surface area contributed by atoms with Crippen molar-refractivity contribution in [2.24, 2.45) is 0 Å². The minimum Gasteiger partial charge on any atom is -0.447 e. The summed E-state index contributed by atoms with van der Waals surface area (Å²) < 4.78 is 11.7. The largest absolute Gasteiger partial charge is 0.447 e. The molecule has 0 fully saturated rings. The van der Waals surface area contributed by atoms with E-state index in [1.54, 1.807) is 24.3 Å². The Morgan fingerprint density at radius 3 is 2.50 bits per heavy atom. The number of nitrogens with one attached hydrogen (secondary N) is 2. The first kappa shape index (κ1) is 21.5. The van der Waals surface area contributed by atoms with E-state index in [9.17, 15) is 9.59 Å². The third-order valence-electron chi connectivity index (χ3n) is 4.66. The quantitative estimate of drug-likeness (QED) is 0.393. The topological polar surface area (TPSA) is 94.5 Å². The number of thiophene rings is 1. The van der Waals surface area contributed by atoms with E-state index in [0.717, 1.165) is 21.6 Å². The molecule has 2 amide bonds. The van der Waals surface area contributed by atoms with Gasteiger partial charge < -0.3 is 14.8 Å². The highest BCUT2D eigenvalue weighted by molar-refractivity contribution is 7.20. The summed E-state index contributed by atoms with van der Waals surface area (Å²) in [5.41, 5.74) is 2.87. The number of rotatable bonds is 7. The maximum absolute atomic E-state index is 12.9. The Morgan fingerprint density at radius 2 is 1.75 bits per heavy atom. The van der Waals surface area contributed by atoms with E-state index in [4.69, 9.17) is 9.47 Å². The molecular formula is C23H22N4O4S. The molecule has 8 nitrogen and oxygen atoms in total. The molecule has 2 aromatic carbocycles. The second-order valence-corrected chi connectivity index (χ2v) is 7.98. The molecule has 4 rings (SSSR count). The summed E-state index contributed by atoms with van der Waals surface area (Å²) in [5.74, 6) is -0.231. The van der Waals surface area contributed by atoms with Crippen LogP contribution >= 0.6 is 11.3 Å². The highest BCUT2D eigenvalue weighted by atomic mass is 32.1. The number of carbonyl (C=O) groups excluding carboxylic acids is 2. The van der Waals surface area contributed by atoms with Gasteiger partial charge in [-0.2, -0.15) is 5.10 Å². The minimum atomic E-state index is -0.587. The van der Waals surface area contributed by atoms with Gasteiger partial charge >= 0.3 is 6.09 Å². The third-order valence-corrected chi connectivity index (χ3v) is 5.77. The lowest BCUT2D eigenvalue weighted by atomic mass is 10.2. The number of aryl methyl sites for hydroxylation is 1. The highest BCUT2D eigenvalue weighted by Crippen LogP contribution is 2.31. The van der Waals surface area contributed by atoms with Crippen molar-refractivity contribution in [2.45, 2.75) is 6.92 Å². The Hall–Kier alpha value is -3.69. The van der Waals surface area contributed by atoms with Gasteiger partial charge in [-0.05, 0) is 43.3 Å². The summed E-state index contributed by atoms with van der Waals surface area (Å²) in [4.78, 5) is 26.2. The lowest BCUT2D eigenvalue weighted by Crippen LogP contribution is -2.16. The monoisotopic (exact) mass is 450 g/mol. The number of nitrogens with zero attached hydrogens (tertiary/aromatic N) is 2. The first-order valence-electron chi connectivity index (χ1n) is 9.94. The number of anilines is 2. The van der Waals surface area contributed by atoms with Crippen molar-refractivity contribution in [3.05, 3.63) is 71.2 Å². The van der Waals surface area contributed by atoms with Gasteiger partial charge in [0.1, 0.15) is 11.4 Å². The number of fused-ring (bicyclic) bond motifs is 1. The number of ether oxygens (including phenoxy) is 2. The molecule has 32 heavy (non-hydrogen) atoms. The molecule has 9 heteroatoms. The Bertz CT molecular complexity index is 1250. The van der Waals surface area contributed by atoms with Crippen molar-refractivity contribution in [3.63, 3.8) is 0 Å². The molecule has 0 radical (unpaired) electrons. The Kier molecular flexibility index (Phi) is 6.48. The molecule has 0 saturated heterocycles. The fourth-order valence-corrected chi connectivity index (χ4v) is 4.22. The van der Waals surface area contributed by atoms with E-state index < -0.39 is 6.09 Å². The number of benzene rings is 2. The molecule has 0 aliphatic carbocycles. The molecule has 4 aromatic rings. The van der Waals surface area contributed by atoms with Crippen LogP contribution in [0.15, 0.2) is 60.7 Å². The minimum absolute atomic E-state index is 0.157. The van der Waals surface area contributed by atoms with Gasteiger partial charge in [0.25, 0.3) is 5.91 Å². The summed E-state index contributed by atoms with van der Waals surface area (Å²) in [6, 6.07) is 18.5. The lowest BCUT2D eigenvalue weighted by Gasteiger charge is -2.09. The standard InChI is InChI=1S/C23H22N4O4S/c1-15-19-14-20(32-22(19)27(26-15)18-9-4-3-5-10-18)21(28)24-16-7-6-8-17(13-16)25-23(29)31-12-11-30-2/h3-10,13-14H,11-12H2,1-2H3,(H,24,28)(H,25,29). The number of methoxy groups -OCH3 is 1. The molecule has 0 spiro atoms. The molecule has 0 unspecified atom stereocenters. The number of hydrogen-bond acceptors (Lipinski definition) is 6. The predicted octanol–water partition coefficient (Wildman–Crippen LogP) is 4.84. The zero-order valence-corrected chi connectivity index (χ0v) is 18.4. The third kappa shape index (κ3) is 4.79. The maximum Gasteiger partial charge on any atom is 0.411 e. The molecule has 0 bridgehead atoms. The van der Waals surface area contributed by atoms with Crippen molar-refractivity contribution < 1.29 is 19.1 Å². The van der Waals surface area contributed by atoms with Crippen molar-refractivity contribution in [2.75, 3.05) is 31.0 Å². The summed E-state index contributed by atoms with van der Waals surface area (Å²) in [6.07, 6.45) is -0.587. The molecule has 0 atom stereocenters. The van der Waals surface area contributed by atoms with Crippen molar-refractivity contribution in [1.82, 2.24) is 9.78 Å². The van der Waals surface area contributed by atoms with Crippen LogP contribution in [0.2, 0.25) is 0 Å². The molecule has 0 aliphatic rings.